The van der Waals surface area contributed by atoms with Gasteiger partial charge in [-0.05, 0) is 52.8 Å². The van der Waals surface area contributed by atoms with Crippen LogP contribution in [-0.2, 0) is 22.8 Å². The minimum Gasteiger partial charge on any atom is -0.511 e. The summed E-state index contributed by atoms with van der Waals surface area (Å²) < 4.78 is 2.58. The van der Waals surface area contributed by atoms with Crippen molar-refractivity contribution in [3.63, 3.8) is 0 Å². The normalized spacial score (nSPS) is 25.3. The summed E-state index contributed by atoms with van der Waals surface area (Å²) in [6.45, 7) is 13.9. The van der Waals surface area contributed by atoms with Crippen molar-refractivity contribution < 1.29 is 9.67 Å². The van der Waals surface area contributed by atoms with Crippen LogP contribution in [0, 0.1) is 5.92 Å². The number of nitrogens with zero attached hydrogens (tertiary/aromatic N) is 1. The lowest BCUT2D eigenvalue weighted by Gasteiger charge is -2.52. The molecule has 4 aromatic rings. The standard InChI is InChI=1S/C32H31NO/c1-18(2)15-20-10-8-12-25-21(20)16-24-29-28-23(32(6)26(34)17-31(32,5)33(25)29)14-13-19-9-7-11-22(27(19)28)30(24,3)4/h7-14,16-18H,15H2,1-6H3/p+1. The Labute approximate surface area is 201 Å². The Morgan fingerprint density at radius 3 is 2.38 bits per heavy atom. The smallest absolute Gasteiger partial charge is 0.218 e. The Morgan fingerprint density at radius 1 is 0.882 bits per heavy atom. The number of aromatic nitrogens is 1. The number of benzene rings is 3. The van der Waals surface area contributed by atoms with Crippen LogP contribution in [0.15, 0.2) is 66.4 Å². The fourth-order valence-electron chi connectivity index (χ4n) is 7.38. The summed E-state index contributed by atoms with van der Waals surface area (Å²) in [5.74, 6) is 1.08. The van der Waals surface area contributed by atoms with Crippen LogP contribution < -0.4 is 4.57 Å². The maximum Gasteiger partial charge on any atom is 0.218 e. The molecule has 34 heavy (non-hydrogen) atoms. The van der Waals surface area contributed by atoms with Gasteiger partial charge in [-0.25, -0.2) is 0 Å². The van der Waals surface area contributed by atoms with E-state index >= 15 is 0 Å². The van der Waals surface area contributed by atoms with Crippen LogP contribution in [0.2, 0.25) is 0 Å². The van der Waals surface area contributed by atoms with Gasteiger partial charge < -0.3 is 5.11 Å². The largest absolute Gasteiger partial charge is 0.511 e. The monoisotopic (exact) mass is 446 g/mol. The van der Waals surface area contributed by atoms with E-state index in [1.165, 1.54) is 55.2 Å². The van der Waals surface area contributed by atoms with Crippen LogP contribution in [0.25, 0.3) is 32.9 Å². The van der Waals surface area contributed by atoms with Crippen molar-refractivity contribution in [2.45, 2.75) is 64.3 Å². The quantitative estimate of drug-likeness (QED) is 0.323. The van der Waals surface area contributed by atoms with Crippen LogP contribution in [0.3, 0.4) is 0 Å². The van der Waals surface area contributed by atoms with E-state index < -0.39 is 5.41 Å². The Bertz CT molecular complexity index is 1620. The highest BCUT2D eigenvalue weighted by Crippen LogP contribution is 2.61. The highest BCUT2D eigenvalue weighted by Gasteiger charge is 2.68. The molecule has 1 aromatic heterocycles. The van der Waals surface area contributed by atoms with E-state index in [4.69, 9.17) is 0 Å². The molecule has 1 N–H and O–H groups in total. The van der Waals surface area contributed by atoms with E-state index in [-0.39, 0.29) is 11.0 Å². The van der Waals surface area contributed by atoms with Crippen molar-refractivity contribution >= 4 is 21.7 Å². The van der Waals surface area contributed by atoms with Crippen molar-refractivity contribution in [3.8, 4) is 11.3 Å². The molecular formula is C32H32NO+. The lowest BCUT2D eigenvalue weighted by Crippen LogP contribution is -2.73. The van der Waals surface area contributed by atoms with E-state index in [2.05, 4.69) is 107 Å². The van der Waals surface area contributed by atoms with E-state index in [1.54, 1.807) is 0 Å². The summed E-state index contributed by atoms with van der Waals surface area (Å²) in [6, 6.07) is 20.6. The summed E-state index contributed by atoms with van der Waals surface area (Å²) in [5.41, 5.74) is 8.46. The molecule has 0 radical (unpaired) electrons. The minimum atomic E-state index is -0.456. The highest BCUT2D eigenvalue weighted by atomic mass is 16.3. The first-order valence-electron chi connectivity index (χ1n) is 12.6. The van der Waals surface area contributed by atoms with Gasteiger partial charge in [-0.3, -0.25) is 0 Å². The molecule has 0 saturated heterocycles. The predicted octanol–water partition coefficient (Wildman–Crippen LogP) is 7.23. The van der Waals surface area contributed by atoms with Gasteiger partial charge in [0.25, 0.3) is 0 Å². The summed E-state index contributed by atoms with van der Waals surface area (Å²) >= 11 is 0. The Balaban J connectivity index is 1.77. The topological polar surface area (TPSA) is 24.1 Å². The Hall–Kier alpha value is -3.13. The molecule has 0 amide bonds. The molecule has 3 aliphatic rings. The van der Waals surface area contributed by atoms with Crippen LogP contribution in [0.4, 0.5) is 0 Å². The molecule has 0 fully saturated rings. The maximum atomic E-state index is 11.2. The number of hydrogen-bond acceptors (Lipinski definition) is 1. The summed E-state index contributed by atoms with van der Waals surface area (Å²) in [4.78, 5) is 0. The lowest BCUT2D eigenvalue weighted by atomic mass is 9.53. The van der Waals surface area contributed by atoms with Gasteiger partial charge >= 0.3 is 0 Å². The SMILES string of the molecule is CC(C)Cc1cccc2c1cc1c3[n+]2C2(C)C=C(O)C2(C)c2ccc4cccc(c4c2-3)C1(C)C. The second kappa shape index (κ2) is 5.92. The van der Waals surface area contributed by atoms with Crippen molar-refractivity contribution in [1.82, 2.24) is 0 Å². The Morgan fingerprint density at radius 2 is 1.65 bits per heavy atom. The number of fused-ring (bicyclic) bond motifs is 5. The molecule has 2 nitrogen and oxygen atoms in total. The van der Waals surface area contributed by atoms with Gasteiger partial charge in [0.05, 0.1) is 5.56 Å². The molecule has 0 bridgehead atoms. The molecule has 170 valence electrons. The Kier molecular flexibility index (Phi) is 3.53. The van der Waals surface area contributed by atoms with E-state index in [0.717, 1.165) is 6.42 Å². The van der Waals surface area contributed by atoms with Gasteiger partial charge in [0, 0.05) is 35.4 Å². The van der Waals surface area contributed by atoms with Gasteiger partial charge in [-0.15, -0.1) is 0 Å². The van der Waals surface area contributed by atoms with Crippen LogP contribution in [0.1, 0.15) is 63.8 Å². The molecule has 2 heterocycles. The molecule has 2 atom stereocenters. The summed E-state index contributed by atoms with van der Waals surface area (Å²) in [5, 5.41) is 15.2. The average Bonchev–Trinajstić information content (AvgIpc) is 2.79. The lowest BCUT2D eigenvalue weighted by molar-refractivity contribution is -0.733. The maximum absolute atomic E-state index is 11.2. The molecule has 1 aliphatic heterocycles. The van der Waals surface area contributed by atoms with Crippen LogP contribution in [-0.4, -0.2) is 5.11 Å². The molecular weight excluding hydrogens is 414 g/mol. The van der Waals surface area contributed by atoms with E-state index in [9.17, 15) is 5.11 Å². The van der Waals surface area contributed by atoms with Crippen LogP contribution in [0.5, 0.6) is 0 Å². The summed E-state index contributed by atoms with van der Waals surface area (Å²) in [7, 11) is 0. The molecule has 0 saturated carbocycles. The van der Waals surface area contributed by atoms with Gasteiger partial charge in [0.2, 0.25) is 16.7 Å². The zero-order chi connectivity index (χ0) is 23.8. The third-order valence-electron chi connectivity index (χ3n) is 9.38. The fraction of sp³-hybridized carbons (Fsp3) is 0.344. The van der Waals surface area contributed by atoms with Crippen molar-refractivity contribution in [2.24, 2.45) is 5.92 Å². The number of aliphatic hydroxyl groups excluding tert-OH is 1. The number of hydrogen-bond donors (Lipinski definition) is 1. The predicted molar refractivity (Wildman–Crippen MR) is 139 cm³/mol. The van der Waals surface area contributed by atoms with Gasteiger partial charge in [0.1, 0.15) is 11.2 Å². The van der Waals surface area contributed by atoms with Gasteiger partial charge in [-0.1, -0.05) is 70.2 Å². The van der Waals surface area contributed by atoms with E-state index in [1.807, 2.05) is 0 Å². The van der Waals surface area contributed by atoms with Crippen LogP contribution >= 0.6 is 0 Å². The van der Waals surface area contributed by atoms with Gasteiger partial charge in [-0.2, -0.15) is 4.57 Å². The molecule has 0 spiro atoms. The first-order valence-corrected chi connectivity index (χ1v) is 12.6. The first kappa shape index (κ1) is 20.3. The molecule has 3 aromatic carbocycles. The number of aliphatic hydroxyl groups is 1. The third kappa shape index (κ3) is 2.00. The first-order chi connectivity index (χ1) is 16.1. The second-order valence-corrected chi connectivity index (χ2v) is 12.0. The number of rotatable bonds is 2. The molecule has 2 aliphatic carbocycles. The van der Waals surface area contributed by atoms with Crippen molar-refractivity contribution in [2.75, 3.05) is 0 Å². The second-order valence-electron chi connectivity index (χ2n) is 12.0. The zero-order valence-corrected chi connectivity index (χ0v) is 21.0. The minimum absolute atomic E-state index is 0.124. The summed E-state index contributed by atoms with van der Waals surface area (Å²) in [6.07, 6.45) is 3.14. The van der Waals surface area contributed by atoms with Gasteiger partial charge in [0.15, 0.2) is 0 Å². The number of allylic oxidation sites excluding steroid dienone is 2. The van der Waals surface area contributed by atoms with E-state index in [0.29, 0.717) is 11.7 Å². The third-order valence-corrected chi connectivity index (χ3v) is 9.38. The highest BCUT2D eigenvalue weighted by molar-refractivity contribution is 6.05. The zero-order valence-electron chi connectivity index (χ0n) is 21.0. The molecule has 2 heteroatoms. The molecule has 2 unspecified atom stereocenters. The molecule has 7 rings (SSSR count). The fourth-order valence-corrected chi connectivity index (χ4v) is 7.38. The van der Waals surface area contributed by atoms with Crippen molar-refractivity contribution in [3.05, 3.63) is 88.7 Å². The number of pyridine rings is 1. The average molecular weight is 447 g/mol. The van der Waals surface area contributed by atoms with Crippen molar-refractivity contribution in [1.29, 1.82) is 0 Å².